The number of carbonyl (C=O) groups is 1. The van der Waals surface area contributed by atoms with E-state index in [1.165, 1.54) is 6.33 Å². The summed E-state index contributed by atoms with van der Waals surface area (Å²) >= 11 is 0. The average molecular weight is 214 g/mol. The van der Waals surface area contributed by atoms with Gasteiger partial charge in [0.05, 0.1) is 7.11 Å². The summed E-state index contributed by atoms with van der Waals surface area (Å²) in [5, 5.41) is 0. The van der Waals surface area contributed by atoms with Crippen molar-refractivity contribution < 1.29 is 9.53 Å². The summed E-state index contributed by atoms with van der Waals surface area (Å²) in [6, 6.07) is 5.31. The molecule has 1 aromatic heterocycles. The van der Waals surface area contributed by atoms with Gasteiger partial charge in [-0.2, -0.15) is 0 Å². The van der Waals surface area contributed by atoms with Crippen molar-refractivity contribution in [3.8, 4) is 16.9 Å². The summed E-state index contributed by atoms with van der Waals surface area (Å²) in [6.07, 6.45) is 5.59. The van der Waals surface area contributed by atoms with Crippen molar-refractivity contribution in [3.05, 3.63) is 42.5 Å². The second kappa shape index (κ2) is 4.53. The fourth-order valence-corrected chi connectivity index (χ4v) is 1.47. The van der Waals surface area contributed by atoms with Gasteiger partial charge in [0.2, 0.25) is 0 Å². The van der Waals surface area contributed by atoms with Crippen molar-refractivity contribution >= 4 is 6.29 Å². The van der Waals surface area contributed by atoms with E-state index >= 15 is 0 Å². The van der Waals surface area contributed by atoms with E-state index < -0.39 is 0 Å². The summed E-state index contributed by atoms with van der Waals surface area (Å²) in [5.74, 6) is 0.655. The van der Waals surface area contributed by atoms with Crippen LogP contribution < -0.4 is 4.74 Å². The highest BCUT2D eigenvalue weighted by molar-refractivity contribution is 5.87. The zero-order valence-electron chi connectivity index (χ0n) is 8.75. The average Bonchev–Trinajstić information content (AvgIpc) is 2.39. The van der Waals surface area contributed by atoms with Crippen molar-refractivity contribution in [2.24, 2.45) is 0 Å². The van der Waals surface area contributed by atoms with E-state index in [-0.39, 0.29) is 0 Å². The molecule has 0 unspecified atom stereocenters. The van der Waals surface area contributed by atoms with E-state index in [4.69, 9.17) is 4.74 Å². The molecule has 0 aliphatic carbocycles. The number of rotatable bonds is 3. The molecule has 0 fully saturated rings. The smallest absolute Gasteiger partial charge is 0.150 e. The molecule has 2 rings (SSSR count). The number of methoxy groups -OCH3 is 1. The van der Waals surface area contributed by atoms with Gasteiger partial charge in [-0.1, -0.05) is 0 Å². The van der Waals surface area contributed by atoms with Crippen LogP contribution in [0, 0.1) is 0 Å². The third-order valence-electron chi connectivity index (χ3n) is 2.26. The van der Waals surface area contributed by atoms with Gasteiger partial charge in [0.25, 0.3) is 0 Å². The molecule has 0 radical (unpaired) electrons. The first-order chi connectivity index (χ1) is 7.85. The fraction of sp³-hybridized carbons (Fsp3) is 0.0833. The van der Waals surface area contributed by atoms with E-state index in [2.05, 4.69) is 9.97 Å². The minimum Gasteiger partial charge on any atom is -0.497 e. The van der Waals surface area contributed by atoms with Gasteiger partial charge < -0.3 is 4.74 Å². The molecular formula is C12H10N2O2. The Morgan fingerprint density at radius 1 is 1.25 bits per heavy atom. The minimum absolute atomic E-state index is 0.564. The van der Waals surface area contributed by atoms with Crippen molar-refractivity contribution in [2.45, 2.75) is 0 Å². The molecule has 0 aliphatic heterocycles. The topological polar surface area (TPSA) is 52.1 Å². The van der Waals surface area contributed by atoms with Crippen LogP contribution in [0.2, 0.25) is 0 Å². The monoisotopic (exact) mass is 214 g/mol. The molecule has 1 aromatic carbocycles. The van der Waals surface area contributed by atoms with Gasteiger partial charge >= 0.3 is 0 Å². The Morgan fingerprint density at radius 2 is 2.00 bits per heavy atom. The van der Waals surface area contributed by atoms with Gasteiger partial charge in [0, 0.05) is 23.5 Å². The van der Waals surface area contributed by atoms with Gasteiger partial charge in [-0.25, -0.2) is 9.97 Å². The third kappa shape index (κ3) is 1.91. The van der Waals surface area contributed by atoms with E-state index in [0.717, 1.165) is 17.4 Å². The Morgan fingerprint density at radius 3 is 2.62 bits per heavy atom. The van der Waals surface area contributed by atoms with Crippen LogP contribution in [0.3, 0.4) is 0 Å². The van der Waals surface area contributed by atoms with E-state index in [0.29, 0.717) is 11.3 Å². The maximum atomic E-state index is 11.0. The summed E-state index contributed by atoms with van der Waals surface area (Å²) in [5.41, 5.74) is 2.18. The largest absolute Gasteiger partial charge is 0.497 e. The molecule has 4 nitrogen and oxygen atoms in total. The van der Waals surface area contributed by atoms with E-state index in [9.17, 15) is 4.79 Å². The molecule has 16 heavy (non-hydrogen) atoms. The molecule has 0 aliphatic rings. The van der Waals surface area contributed by atoms with Crippen LogP contribution in [0.5, 0.6) is 5.75 Å². The van der Waals surface area contributed by atoms with Crippen molar-refractivity contribution in [3.63, 3.8) is 0 Å². The Bertz CT molecular complexity index is 498. The molecule has 1 heterocycles. The van der Waals surface area contributed by atoms with Gasteiger partial charge in [-0.05, 0) is 23.8 Å². The van der Waals surface area contributed by atoms with Crippen LogP contribution in [-0.4, -0.2) is 23.4 Å². The molecule has 0 saturated carbocycles. The summed E-state index contributed by atoms with van der Waals surface area (Å²) in [7, 11) is 1.56. The van der Waals surface area contributed by atoms with Crippen LogP contribution in [0.25, 0.3) is 11.1 Å². The second-order valence-corrected chi connectivity index (χ2v) is 3.20. The number of aromatic nitrogens is 2. The third-order valence-corrected chi connectivity index (χ3v) is 2.26. The van der Waals surface area contributed by atoms with Crippen LogP contribution in [0.4, 0.5) is 0 Å². The zero-order chi connectivity index (χ0) is 11.4. The quantitative estimate of drug-likeness (QED) is 0.733. The second-order valence-electron chi connectivity index (χ2n) is 3.20. The van der Waals surface area contributed by atoms with Crippen LogP contribution >= 0.6 is 0 Å². The van der Waals surface area contributed by atoms with Gasteiger partial charge in [0.1, 0.15) is 12.1 Å². The normalized spacial score (nSPS) is 9.81. The van der Waals surface area contributed by atoms with Crippen molar-refractivity contribution in [2.75, 3.05) is 7.11 Å². The van der Waals surface area contributed by atoms with Gasteiger partial charge in [-0.15, -0.1) is 0 Å². The number of carbonyl (C=O) groups excluding carboxylic acids is 1. The summed E-state index contributed by atoms with van der Waals surface area (Å²) < 4.78 is 5.06. The van der Waals surface area contributed by atoms with Gasteiger partial charge in [0.15, 0.2) is 6.29 Å². The SMILES string of the molecule is COc1ccc(-c2cncnc2)c(C=O)c1. The molecule has 0 amide bonds. The number of benzene rings is 1. The maximum Gasteiger partial charge on any atom is 0.150 e. The molecule has 4 heteroatoms. The zero-order valence-corrected chi connectivity index (χ0v) is 8.75. The molecule has 80 valence electrons. The highest BCUT2D eigenvalue weighted by Crippen LogP contribution is 2.24. The lowest BCUT2D eigenvalue weighted by Crippen LogP contribution is -1.91. The number of ether oxygens (including phenoxy) is 1. The first kappa shape index (κ1) is 10.3. The highest BCUT2D eigenvalue weighted by atomic mass is 16.5. The Kier molecular flexibility index (Phi) is 2.91. The standard InChI is InChI=1S/C12H10N2O2/c1-16-11-2-3-12(9(4-11)7-15)10-5-13-8-14-6-10/h2-8H,1H3. The molecular weight excluding hydrogens is 204 g/mol. The number of nitrogens with zero attached hydrogens (tertiary/aromatic N) is 2. The van der Waals surface area contributed by atoms with E-state index in [1.807, 2.05) is 6.07 Å². The lowest BCUT2D eigenvalue weighted by molar-refractivity contribution is 0.112. The molecule has 0 N–H and O–H groups in total. The highest BCUT2D eigenvalue weighted by Gasteiger charge is 2.06. The molecule has 0 saturated heterocycles. The van der Waals surface area contributed by atoms with Crippen molar-refractivity contribution in [1.29, 1.82) is 0 Å². The fourth-order valence-electron chi connectivity index (χ4n) is 1.47. The van der Waals surface area contributed by atoms with Crippen LogP contribution in [-0.2, 0) is 0 Å². The molecule has 0 spiro atoms. The number of hydrogen-bond donors (Lipinski definition) is 0. The van der Waals surface area contributed by atoms with Gasteiger partial charge in [-0.3, -0.25) is 4.79 Å². The maximum absolute atomic E-state index is 11.0. The first-order valence-electron chi connectivity index (χ1n) is 4.73. The lowest BCUT2D eigenvalue weighted by Gasteiger charge is -2.06. The van der Waals surface area contributed by atoms with Crippen LogP contribution in [0.15, 0.2) is 36.9 Å². The Balaban J connectivity index is 2.53. The number of aldehydes is 1. The minimum atomic E-state index is 0.564. The first-order valence-corrected chi connectivity index (χ1v) is 4.73. The van der Waals surface area contributed by atoms with Crippen LogP contribution in [0.1, 0.15) is 10.4 Å². The Hall–Kier alpha value is -2.23. The Labute approximate surface area is 92.9 Å². The predicted molar refractivity (Wildman–Crippen MR) is 59.4 cm³/mol. The van der Waals surface area contributed by atoms with Crippen molar-refractivity contribution in [1.82, 2.24) is 9.97 Å². The molecule has 0 bridgehead atoms. The summed E-state index contributed by atoms with van der Waals surface area (Å²) in [6.45, 7) is 0. The van der Waals surface area contributed by atoms with E-state index in [1.54, 1.807) is 31.6 Å². The predicted octanol–water partition coefficient (Wildman–Crippen LogP) is 1.96. The molecule has 2 aromatic rings. The number of hydrogen-bond acceptors (Lipinski definition) is 4. The lowest BCUT2D eigenvalue weighted by atomic mass is 10.0. The molecule has 0 atom stereocenters. The summed E-state index contributed by atoms with van der Waals surface area (Å²) in [4.78, 5) is 18.8.